The van der Waals surface area contributed by atoms with Gasteiger partial charge in [0.1, 0.15) is 0 Å². The van der Waals surface area contributed by atoms with Crippen LogP contribution in [-0.4, -0.2) is 73.8 Å². The number of likely N-dealkylation sites (tertiary alicyclic amines) is 1. The molecule has 0 radical (unpaired) electrons. The molecule has 1 aromatic carbocycles. The van der Waals surface area contributed by atoms with Crippen molar-refractivity contribution in [1.29, 1.82) is 0 Å². The van der Waals surface area contributed by atoms with E-state index in [2.05, 4.69) is 15.4 Å². The Morgan fingerprint density at radius 3 is 2.70 bits per heavy atom. The molecule has 1 N–H and O–H groups in total. The summed E-state index contributed by atoms with van der Waals surface area (Å²) in [6.07, 6.45) is 3.95. The van der Waals surface area contributed by atoms with Gasteiger partial charge in [0.2, 0.25) is 5.91 Å². The first kappa shape index (κ1) is 21.8. The maximum atomic E-state index is 12.6. The summed E-state index contributed by atoms with van der Waals surface area (Å²) in [6, 6.07) is 5.45. The van der Waals surface area contributed by atoms with Crippen molar-refractivity contribution in [2.45, 2.75) is 26.3 Å². The number of amides is 2. The number of halogens is 1. The van der Waals surface area contributed by atoms with Crippen molar-refractivity contribution in [3.05, 3.63) is 46.2 Å². The molecule has 1 fully saturated rings. The molecule has 0 atom stereocenters. The minimum atomic E-state index is -0.879. The van der Waals surface area contributed by atoms with Crippen molar-refractivity contribution in [2.24, 2.45) is 5.92 Å². The Balaban J connectivity index is 1.61. The van der Waals surface area contributed by atoms with Gasteiger partial charge in [0, 0.05) is 37.8 Å². The summed E-state index contributed by atoms with van der Waals surface area (Å²) in [7, 11) is 1.77. The molecule has 160 valence electrons. The number of rotatable bonds is 6. The lowest BCUT2D eigenvalue weighted by Crippen LogP contribution is -2.41. The molecule has 0 aliphatic carbocycles. The Morgan fingerprint density at radius 1 is 1.33 bits per heavy atom. The van der Waals surface area contributed by atoms with Crippen LogP contribution in [0.15, 0.2) is 24.3 Å². The quantitative estimate of drug-likeness (QED) is 0.703. The molecule has 9 nitrogen and oxygen atoms in total. The maximum Gasteiger partial charge on any atom is 0.407 e. The zero-order valence-corrected chi connectivity index (χ0v) is 17.8. The fraction of sp³-hybridized carbons (Fsp3) is 0.450. The van der Waals surface area contributed by atoms with E-state index in [0.717, 1.165) is 24.0 Å². The van der Waals surface area contributed by atoms with Crippen molar-refractivity contribution >= 4 is 29.7 Å². The van der Waals surface area contributed by atoms with Gasteiger partial charge in [-0.2, -0.15) is 4.80 Å². The van der Waals surface area contributed by atoms with Gasteiger partial charge >= 0.3 is 6.09 Å². The van der Waals surface area contributed by atoms with E-state index in [1.165, 1.54) is 9.70 Å². The molecule has 1 saturated heterocycles. The minimum absolute atomic E-state index is 0.105. The number of aryl methyl sites for hydroxylation is 1. The van der Waals surface area contributed by atoms with Crippen LogP contribution in [0.5, 0.6) is 0 Å². The average Bonchev–Trinajstić information content (AvgIpc) is 3.12. The number of hydrogen-bond donors (Lipinski definition) is 1. The highest BCUT2D eigenvalue weighted by Gasteiger charge is 2.23. The highest BCUT2D eigenvalue weighted by molar-refractivity contribution is 6.30. The fourth-order valence-corrected chi connectivity index (χ4v) is 3.68. The number of carbonyl (C=O) groups is 2. The van der Waals surface area contributed by atoms with E-state index in [-0.39, 0.29) is 5.91 Å². The van der Waals surface area contributed by atoms with E-state index in [9.17, 15) is 9.59 Å². The van der Waals surface area contributed by atoms with Crippen molar-refractivity contribution < 1.29 is 14.7 Å². The van der Waals surface area contributed by atoms with Gasteiger partial charge in [-0.1, -0.05) is 17.7 Å². The molecular weight excluding hydrogens is 408 g/mol. The smallest absolute Gasteiger partial charge is 0.407 e. The van der Waals surface area contributed by atoms with Crippen LogP contribution in [0.1, 0.15) is 29.8 Å². The highest BCUT2D eigenvalue weighted by Crippen LogP contribution is 2.20. The number of tetrazole rings is 1. The SMILES string of the molecule is Cc1nnn(Cc2cc(Cl)ccc2C=CC(=O)N(C)CC2CCN(C(=O)O)CC2)n1. The first-order chi connectivity index (χ1) is 14.3. The van der Waals surface area contributed by atoms with Gasteiger partial charge < -0.3 is 14.9 Å². The average molecular weight is 433 g/mol. The first-order valence-corrected chi connectivity index (χ1v) is 10.1. The summed E-state index contributed by atoms with van der Waals surface area (Å²) in [5, 5.41) is 21.7. The third kappa shape index (κ3) is 5.79. The van der Waals surface area contributed by atoms with Gasteiger partial charge in [-0.05, 0) is 60.2 Å². The molecule has 3 rings (SSSR count). The van der Waals surface area contributed by atoms with Crippen LogP contribution in [0.3, 0.4) is 0 Å². The van der Waals surface area contributed by atoms with Crippen molar-refractivity contribution in [3.63, 3.8) is 0 Å². The molecule has 0 unspecified atom stereocenters. The van der Waals surface area contributed by atoms with Crippen LogP contribution >= 0.6 is 11.6 Å². The van der Waals surface area contributed by atoms with Crippen molar-refractivity contribution in [3.8, 4) is 0 Å². The molecule has 10 heteroatoms. The van der Waals surface area contributed by atoms with Gasteiger partial charge in [-0.15, -0.1) is 10.2 Å². The van der Waals surface area contributed by atoms with E-state index < -0.39 is 6.09 Å². The van der Waals surface area contributed by atoms with Crippen LogP contribution in [0.25, 0.3) is 6.08 Å². The number of piperidine rings is 1. The molecule has 2 heterocycles. The summed E-state index contributed by atoms with van der Waals surface area (Å²) in [6.45, 7) is 3.80. The highest BCUT2D eigenvalue weighted by atomic mass is 35.5. The predicted molar refractivity (Wildman–Crippen MR) is 112 cm³/mol. The minimum Gasteiger partial charge on any atom is -0.465 e. The summed E-state index contributed by atoms with van der Waals surface area (Å²) in [5.74, 6) is 0.780. The molecule has 0 bridgehead atoms. The van der Waals surface area contributed by atoms with E-state index >= 15 is 0 Å². The third-order valence-corrected chi connectivity index (χ3v) is 5.40. The van der Waals surface area contributed by atoms with Gasteiger partial charge in [-0.25, -0.2) is 4.79 Å². The number of likely N-dealkylation sites (N-methyl/N-ethyl adjacent to an activating group) is 1. The molecule has 30 heavy (non-hydrogen) atoms. The maximum absolute atomic E-state index is 12.6. The summed E-state index contributed by atoms with van der Waals surface area (Å²) in [5.41, 5.74) is 1.73. The molecule has 2 amide bonds. The Kier molecular flexibility index (Phi) is 7.04. The predicted octanol–water partition coefficient (Wildman–Crippen LogP) is 2.54. The molecular formula is C20H25ClN6O3. The normalized spacial score (nSPS) is 15.0. The number of aromatic nitrogens is 4. The lowest BCUT2D eigenvalue weighted by Gasteiger charge is -2.32. The van der Waals surface area contributed by atoms with Crippen LogP contribution in [0, 0.1) is 12.8 Å². The van der Waals surface area contributed by atoms with Crippen LogP contribution in [-0.2, 0) is 11.3 Å². The molecule has 0 spiro atoms. The van der Waals surface area contributed by atoms with E-state index in [0.29, 0.717) is 42.9 Å². The number of nitrogens with zero attached hydrogens (tertiary/aromatic N) is 6. The Bertz CT molecular complexity index is 936. The number of carboxylic acid groups (broad SMARTS) is 1. The van der Waals surface area contributed by atoms with E-state index in [4.69, 9.17) is 16.7 Å². The molecule has 2 aromatic rings. The lowest BCUT2D eigenvalue weighted by atomic mass is 9.96. The second-order valence-corrected chi connectivity index (χ2v) is 7.91. The first-order valence-electron chi connectivity index (χ1n) is 9.75. The largest absolute Gasteiger partial charge is 0.465 e. The van der Waals surface area contributed by atoms with E-state index in [1.54, 1.807) is 37.1 Å². The third-order valence-electron chi connectivity index (χ3n) is 5.17. The summed E-state index contributed by atoms with van der Waals surface area (Å²) < 4.78 is 0. The number of hydrogen-bond acceptors (Lipinski definition) is 5. The van der Waals surface area contributed by atoms with Crippen molar-refractivity contribution in [1.82, 2.24) is 30.0 Å². The second kappa shape index (κ2) is 9.71. The van der Waals surface area contributed by atoms with Crippen LogP contribution in [0.2, 0.25) is 5.02 Å². The van der Waals surface area contributed by atoms with Crippen molar-refractivity contribution in [2.75, 3.05) is 26.7 Å². The zero-order valence-electron chi connectivity index (χ0n) is 17.0. The van der Waals surface area contributed by atoms with Gasteiger partial charge in [0.15, 0.2) is 5.82 Å². The lowest BCUT2D eigenvalue weighted by molar-refractivity contribution is -0.125. The molecule has 1 aliphatic rings. The standard InChI is InChI=1S/C20H25ClN6O3/c1-14-22-24-27(23-14)13-17-11-18(21)5-3-16(17)4-6-19(28)25(2)12-15-7-9-26(10-8-15)20(29)30/h3-6,11,15H,7-10,12-13H2,1-2H3,(H,29,30). The fourth-order valence-electron chi connectivity index (χ4n) is 3.49. The van der Waals surface area contributed by atoms with Gasteiger partial charge in [-0.3, -0.25) is 4.79 Å². The summed E-state index contributed by atoms with van der Waals surface area (Å²) in [4.78, 5) is 28.2. The van der Waals surface area contributed by atoms with E-state index in [1.807, 2.05) is 12.1 Å². The topological polar surface area (TPSA) is 104 Å². The molecule has 1 aromatic heterocycles. The van der Waals surface area contributed by atoms with Gasteiger partial charge in [0.25, 0.3) is 0 Å². The Hall–Kier alpha value is -2.94. The monoisotopic (exact) mass is 432 g/mol. The second-order valence-electron chi connectivity index (χ2n) is 7.48. The van der Waals surface area contributed by atoms with Crippen LogP contribution < -0.4 is 0 Å². The summed E-state index contributed by atoms with van der Waals surface area (Å²) >= 11 is 6.13. The number of benzene rings is 1. The van der Waals surface area contributed by atoms with Crippen LogP contribution in [0.4, 0.5) is 4.79 Å². The zero-order chi connectivity index (χ0) is 21.7. The Labute approximate surface area is 179 Å². The molecule has 0 saturated carbocycles. The molecule has 1 aliphatic heterocycles. The Morgan fingerprint density at radius 2 is 2.07 bits per heavy atom. The number of carbonyl (C=O) groups excluding carboxylic acids is 1. The van der Waals surface area contributed by atoms with Gasteiger partial charge in [0.05, 0.1) is 6.54 Å².